The smallest absolute Gasteiger partial charge is 0.257 e. The van der Waals surface area contributed by atoms with Gasteiger partial charge >= 0.3 is 0 Å². The van der Waals surface area contributed by atoms with E-state index in [1.807, 2.05) is 0 Å². The van der Waals surface area contributed by atoms with Gasteiger partial charge in [-0.2, -0.15) is 0 Å². The Bertz CT molecular complexity index is 1470. The van der Waals surface area contributed by atoms with Crippen molar-refractivity contribution in [2.45, 2.75) is 31.6 Å². The van der Waals surface area contributed by atoms with E-state index in [1.165, 1.54) is 25.3 Å². The Morgan fingerprint density at radius 2 is 2.06 bits per heavy atom. The van der Waals surface area contributed by atoms with Gasteiger partial charge in [0, 0.05) is 12.6 Å². The second kappa shape index (κ2) is 7.63. The number of halogens is 2. The quantitative estimate of drug-likeness (QED) is 0.486. The van der Waals surface area contributed by atoms with Crippen molar-refractivity contribution in [3.63, 3.8) is 0 Å². The molecule has 174 valence electrons. The van der Waals surface area contributed by atoms with Crippen molar-refractivity contribution in [1.82, 2.24) is 19.3 Å². The number of hydrogen-bond donors (Lipinski definition) is 1. The third-order valence-electron chi connectivity index (χ3n) is 6.72. The molecular formula is C24H21F2N5O3. The molecule has 0 spiro atoms. The number of nitrogen functional groups attached to an aromatic ring is 1. The fourth-order valence-electron chi connectivity index (χ4n) is 5.11. The molecule has 2 aromatic carbocycles. The number of benzene rings is 2. The molecule has 8 nitrogen and oxygen atoms in total. The highest BCUT2D eigenvalue weighted by Crippen LogP contribution is 2.42. The van der Waals surface area contributed by atoms with Crippen molar-refractivity contribution in [2.24, 2.45) is 0 Å². The van der Waals surface area contributed by atoms with Crippen LogP contribution in [0.15, 0.2) is 36.8 Å². The van der Waals surface area contributed by atoms with Crippen LogP contribution in [0.5, 0.6) is 5.75 Å². The molecule has 2 atom stereocenters. The van der Waals surface area contributed by atoms with Crippen LogP contribution in [0.1, 0.15) is 40.4 Å². The number of fused-ring (bicyclic) bond motifs is 6. The van der Waals surface area contributed by atoms with E-state index in [4.69, 9.17) is 15.2 Å². The van der Waals surface area contributed by atoms with Gasteiger partial charge in [-0.3, -0.25) is 9.20 Å². The lowest BCUT2D eigenvalue weighted by atomic mass is 9.86. The van der Waals surface area contributed by atoms with Crippen molar-refractivity contribution in [1.29, 1.82) is 0 Å². The summed E-state index contributed by atoms with van der Waals surface area (Å²) in [6.45, 7) is 0.694. The number of piperidine rings is 1. The molecule has 0 radical (unpaired) electrons. The zero-order chi connectivity index (χ0) is 23.6. The standard InChI is InChI=1S/C24H21F2N5O3/c1-33-21-5-12-10-34-20-3-2-4-30(22(20)13(12)6-16(21)26)24(32)14-7-18-17(8-15(14)25)29-23(27)19-9-28-11-31(18)19/h5-9,11,20,22H,2-4,10H2,1H3,(H2,27,29)/t20?,22-/m0/s1. The second-order valence-electron chi connectivity index (χ2n) is 8.59. The summed E-state index contributed by atoms with van der Waals surface area (Å²) in [4.78, 5) is 23.6. The summed E-state index contributed by atoms with van der Waals surface area (Å²) in [6, 6.07) is 5.14. The summed E-state index contributed by atoms with van der Waals surface area (Å²) in [5, 5.41) is 0. The average Bonchev–Trinajstić information content (AvgIpc) is 3.33. The first-order valence-corrected chi connectivity index (χ1v) is 11.0. The highest BCUT2D eigenvalue weighted by Gasteiger charge is 2.41. The van der Waals surface area contributed by atoms with Gasteiger partial charge in [0.1, 0.15) is 17.2 Å². The molecule has 0 bridgehead atoms. The SMILES string of the molecule is COc1cc2c(cc1F)[C@H]1C(CCCN1C(=O)c1cc3c(cc1F)nc(N)c1cncn13)OC2. The number of ether oxygens (including phenoxy) is 2. The predicted octanol–water partition coefficient (Wildman–Crippen LogP) is 3.63. The molecule has 34 heavy (non-hydrogen) atoms. The number of aromatic nitrogens is 3. The van der Waals surface area contributed by atoms with E-state index in [1.54, 1.807) is 27.9 Å². The van der Waals surface area contributed by atoms with E-state index in [-0.39, 0.29) is 23.2 Å². The van der Waals surface area contributed by atoms with Crippen LogP contribution in [0, 0.1) is 11.6 Å². The molecule has 1 unspecified atom stereocenters. The predicted molar refractivity (Wildman–Crippen MR) is 119 cm³/mol. The Morgan fingerprint density at radius 1 is 1.21 bits per heavy atom. The van der Waals surface area contributed by atoms with Gasteiger partial charge in [0.15, 0.2) is 11.6 Å². The van der Waals surface area contributed by atoms with Gasteiger partial charge in [-0.05, 0) is 42.2 Å². The Hall–Kier alpha value is -3.79. The summed E-state index contributed by atoms with van der Waals surface area (Å²) in [5.41, 5.74) is 8.66. The van der Waals surface area contributed by atoms with Crippen molar-refractivity contribution in [2.75, 3.05) is 19.4 Å². The topological polar surface area (TPSA) is 95.0 Å². The Morgan fingerprint density at radius 3 is 2.88 bits per heavy atom. The molecule has 1 fully saturated rings. The molecule has 6 rings (SSSR count). The molecule has 2 aliphatic heterocycles. The Balaban J connectivity index is 1.46. The number of amides is 1. The van der Waals surface area contributed by atoms with E-state index in [0.717, 1.165) is 12.0 Å². The van der Waals surface area contributed by atoms with Crippen molar-refractivity contribution in [3.05, 3.63) is 65.1 Å². The van der Waals surface area contributed by atoms with E-state index in [9.17, 15) is 9.18 Å². The minimum atomic E-state index is -0.705. The first-order valence-electron chi connectivity index (χ1n) is 11.0. The number of rotatable bonds is 2. The van der Waals surface area contributed by atoms with Crippen LogP contribution in [0.4, 0.5) is 14.6 Å². The van der Waals surface area contributed by atoms with Gasteiger partial charge < -0.3 is 20.1 Å². The highest BCUT2D eigenvalue weighted by atomic mass is 19.1. The van der Waals surface area contributed by atoms with Crippen molar-refractivity contribution >= 4 is 28.3 Å². The summed E-state index contributed by atoms with van der Waals surface area (Å²) in [5.74, 6) is -1.37. The maximum absolute atomic E-state index is 15.2. The molecule has 2 aromatic heterocycles. The normalized spacial score (nSPS) is 19.8. The van der Waals surface area contributed by atoms with Gasteiger partial charge in [0.25, 0.3) is 5.91 Å². The van der Waals surface area contributed by atoms with Crippen LogP contribution < -0.4 is 10.5 Å². The summed E-state index contributed by atoms with van der Waals surface area (Å²) >= 11 is 0. The Kier molecular flexibility index (Phi) is 4.66. The first kappa shape index (κ1) is 20.8. The minimum absolute atomic E-state index is 0.101. The van der Waals surface area contributed by atoms with Crippen LogP contribution in [0.2, 0.25) is 0 Å². The van der Waals surface area contributed by atoms with Crippen molar-refractivity contribution in [3.8, 4) is 5.75 Å². The van der Waals surface area contributed by atoms with E-state index < -0.39 is 23.6 Å². The number of carbonyl (C=O) groups is 1. The summed E-state index contributed by atoms with van der Waals surface area (Å²) in [7, 11) is 1.40. The molecule has 1 amide bonds. The third-order valence-corrected chi connectivity index (χ3v) is 6.72. The number of nitrogens with zero attached hydrogens (tertiary/aromatic N) is 4. The first-order chi connectivity index (χ1) is 16.5. The van der Waals surface area contributed by atoms with Gasteiger partial charge in [0.05, 0.1) is 55.0 Å². The molecule has 0 saturated carbocycles. The van der Waals surface area contributed by atoms with E-state index >= 15 is 4.39 Å². The van der Waals surface area contributed by atoms with E-state index in [2.05, 4.69) is 9.97 Å². The number of likely N-dealkylation sites (tertiary alicyclic amines) is 1. The number of nitrogens with two attached hydrogens (primary N) is 1. The maximum atomic E-state index is 15.2. The molecule has 0 aliphatic carbocycles. The summed E-state index contributed by atoms with van der Waals surface area (Å²) in [6.07, 6.45) is 4.21. The lowest BCUT2D eigenvalue weighted by molar-refractivity contribution is -0.0573. The van der Waals surface area contributed by atoms with Crippen molar-refractivity contribution < 1.29 is 23.0 Å². The molecular weight excluding hydrogens is 444 g/mol. The number of methoxy groups -OCH3 is 1. The van der Waals surface area contributed by atoms with Gasteiger partial charge in [0.2, 0.25) is 0 Å². The molecule has 4 aromatic rings. The molecule has 1 saturated heterocycles. The largest absolute Gasteiger partial charge is 0.494 e. The van der Waals surface area contributed by atoms with E-state index in [0.29, 0.717) is 41.7 Å². The number of hydrogen-bond acceptors (Lipinski definition) is 6. The third kappa shape index (κ3) is 3.02. The fourth-order valence-corrected chi connectivity index (χ4v) is 5.11. The van der Waals surface area contributed by atoms with Crippen LogP contribution >= 0.6 is 0 Å². The average molecular weight is 465 g/mol. The van der Waals surface area contributed by atoms with Crippen LogP contribution in [-0.4, -0.2) is 44.9 Å². The minimum Gasteiger partial charge on any atom is -0.494 e. The lowest BCUT2D eigenvalue weighted by Gasteiger charge is -2.44. The highest BCUT2D eigenvalue weighted by molar-refractivity contribution is 5.99. The fraction of sp³-hybridized carbons (Fsp3) is 0.292. The Labute approximate surface area is 192 Å². The summed E-state index contributed by atoms with van der Waals surface area (Å²) < 4.78 is 42.6. The van der Waals surface area contributed by atoms with Gasteiger partial charge in [-0.15, -0.1) is 0 Å². The maximum Gasteiger partial charge on any atom is 0.257 e. The monoisotopic (exact) mass is 465 g/mol. The lowest BCUT2D eigenvalue weighted by Crippen LogP contribution is -2.48. The van der Waals surface area contributed by atoms with Crippen LogP contribution in [0.3, 0.4) is 0 Å². The second-order valence-corrected chi connectivity index (χ2v) is 8.59. The molecule has 2 aliphatic rings. The van der Waals surface area contributed by atoms with Crippen LogP contribution in [-0.2, 0) is 11.3 Å². The molecule has 2 N–H and O–H groups in total. The number of anilines is 1. The van der Waals surface area contributed by atoms with Gasteiger partial charge in [-0.1, -0.05) is 0 Å². The van der Waals surface area contributed by atoms with Gasteiger partial charge in [-0.25, -0.2) is 18.7 Å². The zero-order valence-electron chi connectivity index (χ0n) is 18.3. The zero-order valence-corrected chi connectivity index (χ0v) is 18.3. The number of carbonyl (C=O) groups excluding carboxylic acids is 1. The van der Waals surface area contributed by atoms with Crippen LogP contribution in [0.25, 0.3) is 16.6 Å². The number of imidazole rings is 1. The molecule has 10 heteroatoms. The molecule has 4 heterocycles.